The molecule has 3 heterocycles. The van der Waals surface area contributed by atoms with Crippen molar-refractivity contribution in [1.82, 2.24) is 14.5 Å². The monoisotopic (exact) mass is 245 g/mol. The highest BCUT2D eigenvalue weighted by Gasteiger charge is 2.20. The molecule has 3 rings (SSSR count). The number of carboxylic acid groups (broad SMARTS) is 1. The first-order valence-electron chi connectivity index (χ1n) is 6.27. The molecule has 1 aliphatic rings. The molecule has 0 aromatic carbocycles. The Morgan fingerprint density at radius 3 is 2.94 bits per heavy atom. The average Bonchev–Trinajstić information content (AvgIpc) is 2.53. The van der Waals surface area contributed by atoms with Gasteiger partial charge in [0.1, 0.15) is 11.3 Å². The average molecular weight is 245 g/mol. The molecule has 18 heavy (non-hydrogen) atoms. The molecule has 2 aromatic rings. The highest BCUT2D eigenvalue weighted by molar-refractivity contribution is 6.00. The fraction of sp³-hybridized carbons (Fsp3) is 0.462. The maximum atomic E-state index is 11.3. The molecule has 1 aliphatic heterocycles. The van der Waals surface area contributed by atoms with E-state index in [4.69, 9.17) is 0 Å². The van der Waals surface area contributed by atoms with Gasteiger partial charge >= 0.3 is 5.97 Å². The van der Waals surface area contributed by atoms with Gasteiger partial charge in [-0.1, -0.05) is 6.42 Å². The fourth-order valence-electron chi connectivity index (χ4n) is 2.58. The maximum absolute atomic E-state index is 11.3. The summed E-state index contributed by atoms with van der Waals surface area (Å²) in [7, 11) is 0. The van der Waals surface area contributed by atoms with E-state index in [-0.39, 0.29) is 5.56 Å². The largest absolute Gasteiger partial charge is 0.478 e. The Kier molecular flexibility index (Phi) is 2.54. The zero-order chi connectivity index (χ0) is 12.7. The molecular weight excluding hydrogens is 230 g/mol. The summed E-state index contributed by atoms with van der Waals surface area (Å²) < 4.78 is 2.09. The Hall–Kier alpha value is -1.91. The lowest BCUT2D eigenvalue weighted by molar-refractivity contribution is 0.0698. The van der Waals surface area contributed by atoms with Crippen LogP contribution < -0.4 is 0 Å². The number of pyridine rings is 1. The van der Waals surface area contributed by atoms with Crippen LogP contribution in [0.2, 0.25) is 0 Å². The van der Waals surface area contributed by atoms with Gasteiger partial charge in [-0.05, 0) is 25.8 Å². The van der Waals surface area contributed by atoms with Gasteiger partial charge in [0.2, 0.25) is 0 Å². The molecule has 5 nitrogen and oxygen atoms in total. The number of rotatable bonds is 1. The van der Waals surface area contributed by atoms with Gasteiger partial charge in [-0.2, -0.15) is 0 Å². The molecule has 5 heteroatoms. The Bertz CT molecular complexity index is 631. The second-order valence-corrected chi connectivity index (χ2v) is 4.78. The summed E-state index contributed by atoms with van der Waals surface area (Å²) in [4.78, 5) is 20.2. The molecule has 0 radical (unpaired) electrons. The van der Waals surface area contributed by atoms with Gasteiger partial charge in [-0.25, -0.2) is 14.8 Å². The van der Waals surface area contributed by atoms with Crippen LogP contribution in [0.5, 0.6) is 0 Å². The Labute approximate surface area is 104 Å². The standard InChI is InChI=1S/C13H15N3O2/c1-8-7-9(13(17)18)11-12(14-8)16-6-4-2-3-5-10(16)15-11/h7H,2-6H2,1H3,(H,17,18). The fourth-order valence-corrected chi connectivity index (χ4v) is 2.58. The van der Waals surface area contributed by atoms with Crippen molar-refractivity contribution in [3.05, 3.63) is 23.1 Å². The number of hydrogen-bond acceptors (Lipinski definition) is 3. The minimum atomic E-state index is -0.932. The van der Waals surface area contributed by atoms with Crippen LogP contribution in [0.1, 0.15) is 41.1 Å². The molecule has 0 saturated heterocycles. The zero-order valence-electron chi connectivity index (χ0n) is 10.3. The number of aromatic carboxylic acids is 1. The third kappa shape index (κ3) is 1.66. The van der Waals surface area contributed by atoms with Crippen LogP contribution in [-0.4, -0.2) is 25.6 Å². The first kappa shape index (κ1) is 11.2. The number of fused-ring (bicyclic) bond motifs is 3. The predicted octanol–water partition coefficient (Wildman–Crippen LogP) is 2.16. The van der Waals surface area contributed by atoms with Crippen molar-refractivity contribution in [3.63, 3.8) is 0 Å². The predicted molar refractivity (Wildman–Crippen MR) is 66.8 cm³/mol. The Morgan fingerprint density at radius 2 is 2.17 bits per heavy atom. The Morgan fingerprint density at radius 1 is 1.33 bits per heavy atom. The number of imidazole rings is 1. The van der Waals surface area contributed by atoms with Gasteiger partial charge < -0.3 is 9.67 Å². The number of aryl methyl sites for hydroxylation is 3. The van der Waals surface area contributed by atoms with Crippen LogP contribution >= 0.6 is 0 Å². The van der Waals surface area contributed by atoms with E-state index in [1.54, 1.807) is 6.07 Å². The van der Waals surface area contributed by atoms with Gasteiger partial charge in [0.15, 0.2) is 5.65 Å². The van der Waals surface area contributed by atoms with E-state index in [1.165, 1.54) is 6.42 Å². The molecule has 0 bridgehead atoms. The second-order valence-electron chi connectivity index (χ2n) is 4.78. The van der Waals surface area contributed by atoms with E-state index in [2.05, 4.69) is 14.5 Å². The van der Waals surface area contributed by atoms with E-state index in [0.717, 1.165) is 43.0 Å². The third-order valence-electron chi connectivity index (χ3n) is 3.42. The van der Waals surface area contributed by atoms with Gasteiger partial charge in [0.05, 0.1) is 5.56 Å². The molecule has 0 atom stereocenters. The summed E-state index contributed by atoms with van der Waals surface area (Å²) in [5.74, 6) is 0.0434. The highest BCUT2D eigenvalue weighted by Crippen LogP contribution is 2.23. The quantitative estimate of drug-likeness (QED) is 0.836. The molecule has 0 saturated carbocycles. The summed E-state index contributed by atoms with van der Waals surface area (Å²) in [6.07, 6.45) is 4.33. The van der Waals surface area contributed by atoms with Crippen molar-refractivity contribution in [2.75, 3.05) is 0 Å². The molecule has 2 aromatic heterocycles. The van der Waals surface area contributed by atoms with Crippen LogP contribution in [0.15, 0.2) is 6.07 Å². The van der Waals surface area contributed by atoms with Crippen LogP contribution in [0.4, 0.5) is 0 Å². The summed E-state index contributed by atoms with van der Waals surface area (Å²) in [5.41, 5.74) is 2.25. The second kappa shape index (κ2) is 4.08. The van der Waals surface area contributed by atoms with E-state index >= 15 is 0 Å². The number of carboxylic acids is 1. The van der Waals surface area contributed by atoms with Crippen LogP contribution in [0.3, 0.4) is 0 Å². The van der Waals surface area contributed by atoms with Crippen molar-refractivity contribution in [2.24, 2.45) is 0 Å². The first-order valence-corrected chi connectivity index (χ1v) is 6.27. The summed E-state index contributed by atoms with van der Waals surface area (Å²) in [5, 5.41) is 9.25. The van der Waals surface area contributed by atoms with Crippen LogP contribution in [0, 0.1) is 6.92 Å². The molecule has 1 N–H and O–H groups in total. The van der Waals surface area contributed by atoms with Crippen molar-refractivity contribution in [1.29, 1.82) is 0 Å². The van der Waals surface area contributed by atoms with E-state index in [0.29, 0.717) is 5.52 Å². The molecule has 94 valence electrons. The third-order valence-corrected chi connectivity index (χ3v) is 3.42. The normalized spacial score (nSPS) is 15.4. The molecule has 0 aliphatic carbocycles. The molecule has 0 amide bonds. The van der Waals surface area contributed by atoms with Gasteiger partial charge in [0, 0.05) is 18.7 Å². The van der Waals surface area contributed by atoms with Crippen molar-refractivity contribution in [3.8, 4) is 0 Å². The molecular formula is C13H15N3O2. The molecule has 0 fully saturated rings. The van der Waals surface area contributed by atoms with E-state index < -0.39 is 5.97 Å². The number of aromatic nitrogens is 3. The summed E-state index contributed by atoms with van der Waals surface area (Å²) in [6, 6.07) is 1.59. The highest BCUT2D eigenvalue weighted by atomic mass is 16.4. The lowest BCUT2D eigenvalue weighted by atomic mass is 10.2. The lowest BCUT2D eigenvalue weighted by Gasteiger charge is -2.04. The van der Waals surface area contributed by atoms with Crippen LogP contribution in [0.25, 0.3) is 11.2 Å². The van der Waals surface area contributed by atoms with Crippen molar-refractivity contribution in [2.45, 2.75) is 39.2 Å². The zero-order valence-corrected chi connectivity index (χ0v) is 10.3. The number of carbonyl (C=O) groups is 1. The van der Waals surface area contributed by atoms with Gasteiger partial charge in [-0.3, -0.25) is 0 Å². The summed E-state index contributed by atoms with van der Waals surface area (Å²) >= 11 is 0. The number of nitrogens with zero attached hydrogens (tertiary/aromatic N) is 3. The lowest BCUT2D eigenvalue weighted by Crippen LogP contribution is -2.03. The van der Waals surface area contributed by atoms with Crippen molar-refractivity contribution >= 4 is 17.1 Å². The molecule has 0 unspecified atom stereocenters. The smallest absolute Gasteiger partial charge is 0.338 e. The first-order chi connectivity index (χ1) is 8.66. The van der Waals surface area contributed by atoms with Gasteiger partial charge in [-0.15, -0.1) is 0 Å². The minimum Gasteiger partial charge on any atom is -0.478 e. The number of hydrogen-bond donors (Lipinski definition) is 1. The van der Waals surface area contributed by atoms with Gasteiger partial charge in [0.25, 0.3) is 0 Å². The van der Waals surface area contributed by atoms with E-state index in [9.17, 15) is 9.90 Å². The maximum Gasteiger partial charge on any atom is 0.338 e. The Balaban J connectivity index is 2.31. The summed E-state index contributed by atoms with van der Waals surface area (Å²) in [6.45, 7) is 2.71. The van der Waals surface area contributed by atoms with Crippen LogP contribution in [-0.2, 0) is 13.0 Å². The minimum absolute atomic E-state index is 0.262. The SMILES string of the molecule is Cc1cc(C(=O)O)c2nc3n(c2n1)CCCCC3. The van der Waals surface area contributed by atoms with E-state index in [1.807, 2.05) is 6.92 Å². The van der Waals surface area contributed by atoms with Crippen molar-refractivity contribution < 1.29 is 9.90 Å². The molecule has 0 spiro atoms. The topological polar surface area (TPSA) is 68.0 Å².